The van der Waals surface area contributed by atoms with Gasteiger partial charge in [0, 0.05) is 32.1 Å². The van der Waals surface area contributed by atoms with Crippen LogP contribution in [0.15, 0.2) is 54.6 Å². The second-order valence-electron chi connectivity index (χ2n) is 8.70. The Kier molecular flexibility index (Phi) is 4.68. The van der Waals surface area contributed by atoms with E-state index in [2.05, 4.69) is 53.4 Å². The maximum atomic E-state index is 12.8. The predicted octanol–water partition coefficient (Wildman–Crippen LogP) is 4.66. The van der Waals surface area contributed by atoms with E-state index >= 15 is 0 Å². The average Bonchev–Trinajstić information content (AvgIpc) is 3.03. The third-order valence-electron chi connectivity index (χ3n) is 5.42. The van der Waals surface area contributed by atoms with Crippen LogP contribution in [-0.2, 0) is 11.3 Å². The van der Waals surface area contributed by atoms with Crippen LogP contribution >= 0.6 is 0 Å². The molecule has 2 aromatic rings. The molecule has 2 atom stereocenters. The van der Waals surface area contributed by atoms with Crippen LogP contribution in [0.1, 0.15) is 37.8 Å². The summed E-state index contributed by atoms with van der Waals surface area (Å²) in [5, 5.41) is 0. The SMILES string of the molecule is CC(C)(C)OC(=O)N1CC2CN(Cc3ccccc3)CC2c2ccccc21. The molecule has 4 nitrogen and oxygen atoms in total. The van der Waals surface area contributed by atoms with Crippen molar-refractivity contribution in [2.45, 2.75) is 38.8 Å². The Bertz CT molecular complexity index is 813. The Morgan fingerprint density at radius 1 is 1.00 bits per heavy atom. The van der Waals surface area contributed by atoms with Crippen molar-refractivity contribution in [1.29, 1.82) is 0 Å². The number of carbonyl (C=O) groups excluding carboxylic acids is 1. The molecule has 1 amide bonds. The molecule has 0 aromatic heterocycles. The van der Waals surface area contributed by atoms with Crippen LogP contribution in [0, 0.1) is 5.92 Å². The second-order valence-corrected chi connectivity index (χ2v) is 8.70. The van der Waals surface area contributed by atoms with Gasteiger partial charge in [0.1, 0.15) is 5.60 Å². The summed E-state index contributed by atoms with van der Waals surface area (Å²) in [6, 6.07) is 18.9. The lowest BCUT2D eigenvalue weighted by molar-refractivity contribution is 0.0570. The Balaban J connectivity index is 1.56. The fourth-order valence-corrected chi connectivity index (χ4v) is 4.34. The maximum Gasteiger partial charge on any atom is 0.414 e. The Hall–Kier alpha value is -2.33. The fourth-order valence-electron chi connectivity index (χ4n) is 4.34. The van der Waals surface area contributed by atoms with Crippen molar-refractivity contribution in [2.75, 3.05) is 24.5 Å². The third-order valence-corrected chi connectivity index (χ3v) is 5.42. The van der Waals surface area contributed by atoms with E-state index in [1.165, 1.54) is 11.1 Å². The van der Waals surface area contributed by atoms with Gasteiger partial charge in [0.05, 0.1) is 5.69 Å². The molecule has 1 saturated heterocycles. The molecule has 2 heterocycles. The van der Waals surface area contributed by atoms with Gasteiger partial charge in [-0.2, -0.15) is 0 Å². The highest BCUT2D eigenvalue weighted by molar-refractivity contribution is 5.90. The van der Waals surface area contributed by atoms with Crippen molar-refractivity contribution in [2.24, 2.45) is 5.92 Å². The number of hydrogen-bond acceptors (Lipinski definition) is 3. The molecule has 2 unspecified atom stereocenters. The first-order valence-electron chi connectivity index (χ1n) is 9.76. The number of anilines is 1. The molecule has 2 aliphatic rings. The van der Waals surface area contributed by atoms with Gasteiger partial charge in [-0.25, -0.2) is 4.79 Å². The van der Waals surface area contributed by atoms with Crippen molar-refractivity contribution in [3.05, 3.63) is 65.7 Å². The molecule has 4 heteroatoms. The molecule has 27 heavy (non-hydrogen) atoms. The second kappa shape index (κ2) is 7.01. The van der Waals surface area contributed by atoms with Gasteiger partial charge in [0.2, 0.25) is 0 Å². The van der Waals surface area contributed by atoms with E-state index in [-0.39, 0.29) is 6.09 Å². The summed E-state index contributed by atoms with van der Waals surface area (Å²) in [6.45, 7) is 9.48. The van der Waals surface area contributed by atoms with Crippen LogP contribution in [0.4, 0.5) is 10.5 Å². The summed E-state index contributed by atoms with van der Waals surface area (Å²) in [5.41, 5.74) is 3.14. The number of para-hydroxylation sites is 1. The normalized spacial score (nSPS) is 22.3. The number of likely N-dealkylation sites (tertiary alicyclic amines) is 1. The monoisotopic (exact) mass is 364 g/mol. The standard InChI is InChI=1S/C23H28N2O2/c1-23(2,3)27-22(26)25-15-18-14-24(13-17-9-5-4-6-10-17)16-20(18)19-11-7-8-12-21(19)25/h4-12,18,20H,13-16H2,1-3H3. The average molecular weight is 364 g/mol. The number of ether oxygens (including phenoxy) is 1. The van der Waals surface area contributed by atoms with Crippen LogP contribution in [0.25, 0.3) is 0 Å². The first kappa shape index (κ1) is 18.1. The van der Waals surface area contributed by atoms with Gasteiger partial charge in [-0.05, 0) is 43.9 Å². The first-order valence-corrected chi connectivity index (χ1v) is 9.76. The molecular weight excluding hydrogens is 336 g/mol. The fraction of sp³-hybridized carbons (Fsp3) is 0.435. The van der Waals surface area contributed by atoms with E-state index in [0.29, 0.717) is 11.8 Å². The number of benzene rings is 2. The lowest BCUT2D eigenvalue weighted by atomic mass is 9.84. The third kappa shape index (κ3) is 3.86. The molecule has 1 fully saturated rings. The topological polar surface area (TPSA) is 32.8 Å². The van der Waals surface area contributed by atoms with Crippen molar-refractivity contribution >= 4 is 11.8 Å². The van der Waals surface area contributed by atoms with Gasteiger partial charge in [0.25, 0.3) is 0 Å². The Labute approximate surface area is 161 Å². The van der Waals surface area contributed by atoms with Crippen molar-refractivity contribution in [3.8, 4) is 0 Å². The highest BCUT2D eigenvalue weighted by Crippen LogP contribution is 2.43. The minimum absolute atomic E-state index is 0.241. The zero-order valence-electron chi connectivity index (χ0n) is 16.4. The van der Waals surface area contributed by atoms with Crippen molar-refractivity contribution < 1.29 is 9.53 Å². The quantitative estimate of drug-likeness (QED) is 0.777. The summed E-state index contributed by atoms with van der Waals surface area (Å²) in [4.78, 5) is 17.2. The molecule has 2 aliphatic heterocycles. The van der Waals surface area contributed by atoms with E-state index in [1.807, 2.05) is 31.7 Å². The summed E-state index contributed by atoms with van der Waals surface area (Å²) >= 11 is 0. The van der Waals surface area contributed by atoms with Crippen molar-refractivity contribution in [3.63, 3.8) is 0 Å². The van der Waals surface area contributed by atoms with E-state index in [4.69, 9.17) is 4.74 Å². The first-order chi connectivity index (χ1) is 12.9. The lowest BCUT2D eigenvalue weighted by Crippen LogP contribution is -2.44. The van der Waals surface area contributed by atoms with Gasteiger partial charge in [0.15, 0.2) is 0 Å². The number of carbonyl (C=O) groups is 1. The number of fused-ring (bicyclic) bond motifs is 3. The highest BCUT2D eigenvalue weighted by Gasteiger charge is 2.42. The summed E-state index contributed by atoms with van der Waals surface area (Å²) in [5.74, 6) is 0.916. The number of nitrogens with zero attached hydrogens (tertiary/aromatic N) is 2. The zero-order chi connectivity index (χ0) is 19.0. The zero-order valence-corrected chi connectivity index (χ0v) is 16.4. The van der Waals surface area contributed by atoms with E-state index in [1.54, 1.807) is 0 Å². The van der Waals surface area contributed by atoms with Crippen LogP contribution in [0.3, 0.4) is 0 Å². The molecular formula is C23H28N2O2. The molecule has 0 N–H and O–H groups in total. The Morgan fingerprint density at radius 3 is 2.44 bits per heavy atom. The molecule has 0 aliphatic carbocycles. The molecule has 142 valence electrons. The highest BCUT2D eigenvalue weighted by atomic mass is 16.6. The molecule has 0 spiro atoms. The van der Waals surface area contributed by atoms with Crippen LogP contribution in [0.2, 0.25) is 0 Å². The lowest BCUT2D eigenvalue weighted by Gasteiger charge is -2.37. The largest absolute Gasteiger partial charge is 0.443 e. The number of rotatable bonds is 2. The smallest absolute Gasteiger partial charge is 0.414 e. The number of amides is 1. The van der Waals surface area contributed by atoms with Gasteiger partial charge in [-0.1, -0.05) is 48.5 Å². The van der Waals surface area contributed by atoms with Gasteiger partial charge >= 0.3 is 6.09 Å². The minimum Gasteiger partial charge on any atom is -0.443 e. The van der Waals surface area contributed by atoms with E-state index < -0.39 is 5.60 Å². The molecule has 2 aromatic carbocycles. The molecule has 0 saturated carbocycles. The van der Waals surface area contributed by atoms with Crippen LogP contribution in [0.5, 0.6) is 0 Å². The van der Waals surface area contributed by atoms with E-state index in [9.17, 15) is 4.79 Å². The van der Waals surface area contributed by atoms with Gasteiger partial charge in [-0.15, -0.1) is 0 Å². The molecule has 0 radical (unpaired) electrons. The summed E-state index contributed by atoms with van der Waals surface area (Å²) in [6.07, 6.45) is -0.241. The summed E-state index contributed by atoms with van der Waals surface area (Å²) < 4.78 is 5.68. The van der Waals surface area contributed by atoms with E-state index in [0.717, 1.165) is 31.9 Å². The maximum absolute atomic E-state index is 12.8. The molecule has 4 rings (SSSR count). The Morgan fingerprint density at radius 2 is 1.70 bits per heavy atom. The molecule has 0 bridgehead atoms. The van der Waals surface area contributed by atoms with Gasteiger partial charge < -0.3 is 4.74 Å². The predicted molar refractivity (Wildman–Crippen MR) is 108 cm³/mol. The minimum atomic E-state index is -0.488. The van der Waals surface area contributed by atoms with Gasteiger partial charge in [-0.3, -0.25) is 9.80 Å². The van der Waals surface area contributed by atoms with Crippen LogP contribution < -0.4 is 4.90 Å². The number of hydrogen-bond donors (Lipinski definition) is 0. The van der Waals surface area contributed by atoms with Crippen LogP contribution in [-0.4, -0.2) is 36.2 Å². The van der Waals surface area contributed by atoms with Crippen molar-refractivity contribution in [1.82, 2.24) is 4.90 Å². The summed E-state index contributed by atoms with van der Waals surface area (Å²) in [7, 11) is 0.